The van der Waals surface area contributed by atoms with Crippen molar-refractivity contribution in [2.24, 2.45) is 0 Å². The normalized spacial score (nSPS) is 14.5. The van der Waals surface area contributed by atoms with Crippen molar-refractivity contribution in [1.82, 2.24) is 30.0 Å². The van der Waals surface area contributed by atoms with E-state index >= 15 is 0 Å². The molecule has 4 aromatic rings. The highest BCUT2D eigenvalue weighted by Crippen LogP contribution is 2.26. The number of hydrogen-bond acceptors (Lipinski definition) is 6. The number of H-pyrrole nitrogens is 1. The van der Waals surface area contributed by atoms with E-state index in [1.165, 1.54) is 22.3 Å². The molecule has 0 saturated carbocycles. The molecule has 0 spiro atoms. The van der Waals surface area contributed by atoms with Gasteiger partial charge >= 0.3 is 0 Å². The molecule has 32 heavy (non-hydrogen) atoms. The van der Waals surface area contributed by atoms with E-state index in [4.69, 9.17) is 0 Å². The molecule has 4 heterocycles. The topological polar surface area (TPSA) is 91.7 Å². The van der Waals surface area contributed by atoms with Gasteiger partial charge in [-0.15, -0.1) is 0 Å². The minimum atomic E-state index is -0.0464. The standard InChI is InChI=1S/C23H27N7OS/c1-2-3-6-17(11-16-12-24-19-8-5-4-7-18(16)19)28-22(31)20-13-25-23(32-20)29-9-10-30-21(14-29)26-15-27-30/h4-5,7-8,12-13,15,17,24H,2-3,6,9-11,14H2,1H3,(H,28,31). The number of aromatic amines is 1. The molecular weight excluding hydrogens is 422 g/mol. The number of anilines is 1. The number of para-hydroxylation sites is 1. The lowest BCUT2D eigenvalue weighted by Crippen LogP contribution is -2.36. The molecule has 1 aliphatic heterocycles. The number of thiazole rings is 1. The molecule has 166 valence electrons. The minimum absolute atomic E-state index is 0.0464. The molecule has 5 rings (SSSR count). The highest BCUT2D eigenvalue weighted by molar-refractivity contribution is 7.17. The van der Waals surface area contributed by atoms with E-state index in [0.29, 0.717) is 11.4 Å². The second kappa shape index (κ2) is 9.12. The first-order valence-electron chi connectivity index (χ1n) is 11.1. The van der Waals surface area contributed by atoms with Crippen LogP contribution in [-0.2, 0) is 19.5 Å². The van der Waals surface area contributed by atoms with Crippen LogP contribution in [-0.4, -0.2) is 43.2 Å². The van der Waals surface area contributed by atoms with E-state index in [-0.39, 0.29) is 11.9 Å². The van der Waals surface area contributed by atoms with Crippen LogP contribution in [0.4, 0.5) is 5.13 Å². The molecule has 1 atom stereocenters. The Balaban J connectivity index is 1.27. The van der Waals surface area contributed by atoms with Crippen LogP contribution in [0, 0.1) is 0 Å². The van der Waals surface area contributed by atoms with Crippen LogP contribution in [0.3, 0.4) is 0 Å². The fraction of sp³-hybridized carbons (Fsp3) is 0.391. The smallest absolute Gasteiger partial charge is 0.263 e. The third kappa shape index (κ3) is 4.25. The summed E-state index contributed by atoms with van der Waals surface area (Å²) in [6.07, 6.45) is 9.29. The zero-order valence-corrected chi connectivity index (χ0v) is 18.9. The van der Waals surface area contributed by atoms with Gasteiger partial charge in [0.05, 0.1) is 19.3 Å². The summed E-state index contributed by atoms with van der Waals surface area (Å²) >= 11 is 1.44. The summed E-state index contributed by atoms with van der Waals surface area (Å²) in [6, 6.07) is 8.39. The van der Waals surface area contributed by atoms with Crippen molar-refractivity contribution in [2.45, 2.75) is 51.7 Å². The van der Waals surface area contributed by atoms with Gasteiger partial charge in [-0.3, -0.25) is 4.79 Å². The van der Waals surface area contributed by atoms with E-state index in [1.54, 1.807) is 12.5 Å². The van der Waals surface area contributed by atoms with Crippen LogP contribution in [0.25, 0.3) is 10.9 Å². The van der Waals surface area contributed by atoms with Crippen molar-refractivity contribution in [3.8, 4) is 0 Å². The Kier molecular flexibility index (Phi) is 5.89. The number of hydrogen-bond donors (Lipinski definition) is 2. The van der Waals surface area contributed by atoms with Gasteiger partial charge in [0, 0.05) is 29.7 Å². The van der Waals surface area contributed by atoms with Crippen LogP contribution >= 0.6 is 11.3 Å². The highest BCUT2D eigenvalue weighted by atomic mass is 32.1. The Labute approximate surface area is 190 Å². The summed E-state index contributed by atoms with van der Waals surface area (Å²) in [5.74, 6) is 0.880. The molecule has 0 fully saturated rings. The van der Waals surface area contributed by atoms with Crippen molar-refractivity contribution < 1.29 is 4.79 Å². The van der Waals surface area contributed by atoms with Gasteiger partial charge in [0.25, 0.3) is 5.91 Å². The summed E-state index contributed by atoms with van der Waals surface area (Å²) < 4.78 is 1.92. The van der Waals surface area contributed by atoms with Crippen molar-refractivity contribution >= 4 is 33.3 Å². The first kappa shape index (κ1) is 20.7. The van der Waals surface area contributed by atoms with E-state index in [9.17, 15) is 4.79 Å². The van der Waals surface area contributed by atoms with E-state index in [2.05, 4.69) is 61.6 Å². The number of carbonyl (C=O) groups is 1. The summed E-state index contributed by atoms with van der Waals surface area (Å²) in [4.78, 5) is 28.0. The Bertz CT molecular complexity index is 1210. The SMILES string of the molecule is CCCCC(Cc1c[nH]c2ccccc12)NC(=O)c1cnc(N2CCn3ncnc3C2)s1. The second-order valence-corrected chi connectivity index (χ2v) is 9.21. The van der Waals surface area contributed by atoms with Crippen LogP contribution in [0.5, 0.6) is 0 Å². The number of carbonyl (C=O) groups excluding carboxylic acids is 1. The molecule has 0 bridgehead atoms. The molecule has 0 aliphatic carbocycles. The number of benzene rings is 1. The van der Waals surface area contributed by atoms with E-state index in [0.717, 1.165) is 55.2 Å². The second-order valence-electron chi connectivity index (χ2n) is 8.20. The number of unbranched alkanes of at least 4 members (excludes halogenated alkanes) is 1. The first-order valence-corrected chi connectivity index (χ1v) is 12.0. The van der Waals surface area contributed by atoms with Gasteiger partial charge < -0.3 is 15.2 Å². The van der Waals surface area contributed by atoms with Crippen LogP contribution in [0.2, 0.25) is 0 Å². The molecule has 1 unspecified atom stereocenters. The molecule has 3 aromatic heterocycles. The summed E-state index contributed by atoms with van der Waals surface area (Å²) in [7, 11) is 0. The summed E-state index contributed by atoms with van der Waals surface area (Å²) in [5, 5.41) is 9.57. The van der Waals surface area contributed by atoms with Crippen molar-refractivity contribution in [3.63, 3.8) is 0 Å². The van der Waals surface area contributed by atoms with Crippen molar-refractivity contribution in [1.29, 1.82) is 0 Å². The first-order chi connectivity index (χ1) is 15.7. The maximum atomic E-state index is 13.1. The third-order valence-corrected chi connectivity index (χ3v) is 7.04. The number of rotatable bonds is 8. The fourth-order valence-corrected chi connectivity index (χ4v) is 5.08. The molecule has 1 amide bonds. The monoisotopic (exact) mass is 449 g/mol. The van der Waals surface area contributed by atoms with Gasteiger partial charge in [-0.05, 0) is 24.5 Å². The molecule has 0 saturated heterocycles. The largest absolute Gasteiger partial charge is 0.361 e. The van der Waals surface area contributed by atoms with Crippen molar-refractivity contribution in [2.75, 3.05) is 11.4 Å². The Hall–Kier alpha value is -3.20. The van der Waals surface area contributed by atoms with Crippen LogP contribution < -0.4 is 10.2 Å². The number of aromatic nitrogens is 5. The Morgan fingerprint density at radius 2 is 2.19 bits per heavy atom. The average Bonchev–Trinajstić information content (AvgIpc) is 3.56. The van der Waals surface area contributed by atoms with Crippen LogP contribution in [0.1, 0.15) is 47.2 Å². The molecule has 1 aromatic carbocycles. The quantitative estimate of drug-likeness (QED) is 0.427. The van der Waals surface area contributed by atoms with E-state index in [1.807, 2.05) is 10.7 Å². The average molecular weight is 450 g/mol. The number of nitrogens with one attached hydrogen (secondary N) is 2. The molecule has 8 nitrogen and oxygen atoms in total. The summed E-state index contributed by atoms with van der Waals surface area (Å²) in [6.45, 7) is 4.43. The van der Waals surface area contributed by atoms with Gasteiger partial charge in [0.1, 0.15) is 17.0 Å². The van der Waals surface area contributed by atoms with Crippen molar-refractivity contribution in [3.05, 3.63) is 59.3 Å². The van der Waals surface area contributed by atoms with Crippen LogP contribution in [0.15, 0.2) is 43.0 Å². The van der Waals surface area contributed by atoms with Gasteiger partial charge in [-0.2, -0.15) is 5.10 Å². The Morgan fingerprint density at radius 1 is 1.28 bits per heavy atom. The van der Waals surface area contributed by atoms with Gasteiger partial charge in [0.2, 0.25) is 0 Å². The lowest BCUT2D eigenvalue weighted by Gasteiger charge is -2.26. The lowest BCUT2D eigenvalue weighted by molar-refractivity contribution is 0.0938. The Morgan fingerprint density at radius 3 is 3.09 bits per heavy atom. The lowest BCUT2D eigenvalue weighted by atomic mass is 10.0. The van der Waals surface area contributed by atoms with Gasteiger partial charge in [0.15, 0.2) is 5.13 Å². The molecule has 1 aliphatic rings. The molecular formula is C23H27N7OS. The third-order valence-electron chi connectivity index (χ3n) is 5.98. The predicted molar refractivity (Wildman–Crippen MR) is 126 cm³/mol. The highest BCUT2D eigenvalue weighted by Gasteiger charge is 2.23. The fourth-order valence-electron chi connectivity index (χ4n) is 4.24. The zero-order valence-electron chi connectivity index (χ0n) is 18.1. The molecule has 0 radical (unpaired) electrons. The zero-order chi connectivity index (χ0) is 21.9. The maximum absolute atomic E-state index is 13.1. The summed E-state index contributed by atoms with van der Waals surface area (Å²) in [5.41, 5.74) is 2.37. The number of fused-ring (bicyclic) bond motifs is 2. The minimum Gasteiger partial charge on any atom is -0.361 e. The number of nitrogens with zero attached hydrogens (tertiary/aromatic N) is 5. The maximum Gasteiger partial charge on any atom is 0.263 e. The van der Waals surface area contributed by atoms with E-state index < -0.39 is 0 Å². The predicted octanol–water partition coefficient (Wildman–Crippen LogP) is 3.77. The van der Waals surface area contributed by atoms with Gasteiger partial charge in [-0.1, -0.05) is 49.3 Å². The number of amides is 1. The molecule has 2 N–H and O–H groups in total. The van der Waals surface area contributed by atoms with Gasteiger partial charge in [-0.25, -0.2) is 14.6 Å². The molecule has 9 heteroatoms.